The summed E-state index contributed by atoms with van der Waals surface area (Å²) in [6.07, 6.45) is 1.62. The molecule has 0 saturated carbocycles. The van der Waals surface area contributed by atoms with Gasteiger partial charge in [-0.1, -0.05) is 12.1 Å². The Morgan fingerprint density at radius 1 is 1.27 bits per heavy atom. The summed E-state index contributed by atoms with van der Waals surface area (Å²) >= 11 is 0. The summed E-state index contributed by atoms with van der Waals surface area (Å²) in [5.41, 5.74) is 1.23. The molecule has 0 aliphatic carbocycles. The molecule has 0 bridgehead atoms. The molecule has 1 aromatic carbocycles. The Kier molecular flexibility index (Phi) is 2.57. The Morgan fingerprint density at radius 2 is 2.07 bits per heavy atom. The van der Waals surface area contributed by atoms with Gasteiger partial charge in [-0.05, 0) is 17.6 Å². The summed E-state index contributed by atoms with van der Waals surface area (Å²) in [6.45, 7) is 0. The van der Waals surface area contributed by atoms with Crippen molar-refractivity contribution in [2.75, 3.05) is 7.11 Å². The average molecular weight is 203 g/mol. The third-order valence-corrected chi connectivity index (χ3v) is 2.21. The zero-order chi connectivity index (χ0) is 10.8. The van der Waals surface area contributed by atoms with E-state index in [0.717, 1.165) is 10.9 Å². The van der Waals surface area contributed by atoms with Gasteiger partial charge in [0.15, 0.2) is 0 Å². The number of hydrogen-bond donors (Lipinski definition) is 2. The molecular formula is C10H10BNO3. The number of fused-ring (bicyclic) bond motifs is 1. The lowest BCUT2D eigenvalue weighted by molar-refractivity contribution is 0.413. The molecule has 0 radical (unpaired) electrons. The minimum atomic E-state index is -1.46. The van der Waals surface area contributed by atoms with Crippen molar-refractivity contribution in [2.45, 2.75) is 0 Å². The Balaban J connectivity index is 2.57. The molecule has 0 aliphatic heterocycles. The first-order chi connectivity index (χ1) is 7.20. The van der Waals surface area contributed by atoms with E-state index in [-0.39, 0.29) is 0 Å². The largest absolute Gasteiger partial charge is 0.495 e. The summed E-state index contributed by atoms with van der Waals surface area (Å²) in [5, 5.41) is 18.8. The highest BCUT2D eigenvalue weighted by Gasteiger charge is 2.11. The maximum Gasteiger partial charge on any atom is 0.488 e. The predicted octanol–water partition coefficient (Wildman–Crippen LogP) is -0.0768. The number of pyridine rings is 1. The van der Waals surface area contributed by atoms with Crippen LogP contribution in [0, 0.1) is 0 Å². The lowest BCUT2D eigenvalue weighted by Gasteiger charge is -2.04. The second-order valence-electron chi connectivity index (χ2n) is 3.20. The summed E-state index contributed by atoms with van der Waals surface area (Å²) in [7, 11) is 0.105. The monoisotopic (exact) mass is 203 g/mol. The predicted molar refractivity (Wildman–Crippen MR) is 58.1 cm³/mol. The molecule has 4 nitrogen and oxygen atoms in total. The second-order valence-corrected chi connectivity index (χ2v) is 3.20. The summed E-state index contributed by atoms with van der Waals surface area (Å²) in [5.74, 6) is 0.645. The Labute approximate surface area is 87.3 Å². The maximum atomic E-state index is 9.01. The first kappa shape index (κ1) is 9.95. The maximum absolute atomic E-state index is 9.01. The van der Waals surface area contributed by atoms with Crippen LogP contribution >= 0.6 is 0 Å². The molecule has 1 aromatic heterocycles. The molecule has 0 unspecified atom stereocenters. The number of nitrogens with zero attached hydrogens (tertiary/aromatic N) is 1. The van der Waals surface area contributed by atoms with Gasteiger partial charge in [-0.2, -0.15) is 0 Å². The van der Waals surface area contributed by atoms with E-state index in [1.165, 1.54) is 0 Å². The van der Waals surface area contributed by atoms with Crippen LogP contribution < -0.4 is 10.2 Å². The quantitative estimate of drug-likeness (QED) is 0.670. The molecule has 5 heteroatoms. The molecule has 1 heterocycles. The highest BCUT2D eigenvalue weighted by atomic mass is 16.5. The van der Waals surface area contributed by atoms with Gasteiger partial charge in [0.2, 0.25) is 0 Å². The highest BCUT2D eigenvalue weighted by molar-refractivity contribution is 6.58. The molecule has 0 fully saturated rings. The minimum absolute atomic E-state index is 0.442. The van der Waals surface area contributed by atoms with E-state index in [1.807, 2.05) is 0 Å². The van der Waals surface area contributed by atoms with Crippen LogP contribution in [0.1, 0.15) is 0 Å². The molecule has 2 N–H and O–H groups in total. The zero-order valence-corrected chi connectivity index (χ0v) is 8.21. The lowest BCUT2D eigenvalue weighted by atomic mass is 9.80. The molecule has 15 heavy (non-hydrogen) atoms. The Bertz CT molecular complexity index is 487. The van der Waals surface area contributed by atoms with Crippen molar-refractivity contribution >= 4 is 23.5 Å². The van der Waals surface area contributed by atoms with E-state index in [9.17, 15) is 0 Å². The van der Waals surface area contributed by atoms with Gasteiger partial charge >= 0.3 is 7.12 Å². The number of methoxy groups -OCH3 is 1. The first-order valence-electron chi connectivity index (χ1n) is 4.50. The van der Waals surface area contributed by atoms with Crippen LogP contribution in [0.2, 0.25) is 0 Å². The van der Waals surface area contributed by atoms with Crippen molar-refractivity contribution < 1.29 is 14.8 Å². The van der Waals surface area contributed by atoms with E-state index in [2.05, 4.69) is 4.98 Å². The van der Waals surface area contributed by atoms with Gasteiger partial charge < -0.3 is 14.8 Å². The fourth-order valence-corrected chi connectivity index (χ4v) is 1.40. The molecule has 0 atom stereocenters. The van der Waals surface area contributed by atoms with Crippen molar-refractivity contribution in [3.8, 4) is 5.75 Å². The van der Waals surface area contributed by atoms with Crippen molar-refractivity contribution in [1.82, 2.24) is 4.98 Å². The van der Waals surface area contributed by atoms with Gasteiger partial charge in [-0.15, -0.1) is 0 Å². The number of hydrogen-bond acceptors (Lipinski definition) is 4. The van der Waals surface area contributed by atoms with Gasteiger partial charge in [-0.25, -0.2) is 0 Å². The Hall–Kier alpha value is -1.59. The van der Waals surface area contributed by atoms with Crippen LogP contribution in [0.3, 0.4) is 0 Å². The average Bonchev–Trinajstić information content (AvgIpc) is 2.27. The van der Waals surface area contributed by atoms with Crippen LogP contribution in [0.5, 0.6) is 5.75 Å². The molecule has 76 valence electrons. The van der Waals surface area contributed by atoms with Crippen LogP contribution in [-0.4, -0.2) is 29.3 Å². The number of benzene rings is 1. The third kappa shape index (κ3) is 1.93. The molecule has 2 aromatic rings. The number of aromatic nitrogens is 1. The topological polar surface area (TPSA) is 62.6 Å². The Morgan fingerprint density at radius 3 is 2.73 bits per heavy atom. The molecule has 2 rings (SSSR count). The molecule has 0 spiro atoms. The standard InChI is InChI=1S/C10H10BNO3/c1-15-9-5-7-4-8(11(13)14)2-3-10(7)12-6-9/h2-6,13-14H,1H3. The van der Waals surface area contributed by atoms with Gasteiger partial charge in [0.25, 0.3) is 0 Å². The van der Waals surface area contributed by atoms with Gasteiger partial charge in [-0.3, -0.25) is 4.98 Å². The van der Waals surface area contributed by atoms with E-state index in [4.69, 9.17) is 14.8 Å². The van der Waals surface area contributed by atoms with Crippen LogP contribution in [0.15, 0.2) is 30.5 Å². The van der Waals surface area contributed by atoms with E-state index in [0.29, 0.717) is 11.2 Å². The fourth-order valence-electron chi connectivity index (χ4n) is 1.40. The van der Waals surface area contributed by atoms with Gasteiger partial charge in [0.1, 0.15) is 5.75 Å². The van der Waals surface area contributed by atoms with Crippen molar-refractivity contribution in [3.05, 3.63) is 30.5 Å². The second kappa shape index (κ2) is 3.88. The van der Waals surface area contributed by atoms with E-state index >= 15 is 0 Å². The van der Waals surface area contributed by atoms with Crippen LogP contribution in [-0.2, 0) is 0 Å². The summed E-state index contributed by atoms with van der Waals surface area (Å²) in [6, 6.07) is 6.85. The SMILES string of the molecule is COc1cnc2ccc(B(O)O)cc2c1. The van der Waals surface area contributed by atoms with Crippen molar-refractivity contribution in [2.24, 2.45) is 0 Å². The van der Waals surface area contributed by atoms with Crippen LogP contribution in [0.25, 0.3) is 10.9 Å². The van der Waals surface area contributed by atoms with Gasteiger partial charge in [0.05, 0.1) is 18.8 Å². The zero-order valence-electron chi connectivity index (χ0n) is 8.21. The van der Waals surface area contributed by atoms with E-state index in [1.54, 1.807) is 37.6 Å². The number of rotatable bonds is 2. The smallest absolute Gasteiger partial charge is 0.488 e. The fraction of sp³-hybridized carbons (Fsp3) is 0.100. The summed E-state index contributed by atoms with van der Waals surface area (Å²) in [4.78, 5) is 4.16. The normalized spacial score (nSPS) is 10.3. The van der Waals surface area contributed by atoms with E-state index < -0.39 is 7.12 Å². The molecule has 0 amide bonds. The van der Waals surface area contributed by atoms with Gasteiger partial charge in [0, 0.05) is 5.39 Å². The number of ether oxygens (including phenoxy) is 1. The highest BCUT2D eigenvalue weighted by Crippen LogP contribution is 2.16. The molecule has 0 aliphatic rings. The first-order valence-corrected chi connectivity index (χ1v) is 4.50. The molecule has 0 saturated heterocycles. The summed E-state index contributed by atoms with van der Waals surface area (Å²) < 4.78 is 5.04. The van der Waals surface area contributed by atoms with Crippen molar-refractivity contribution in [3.63, 3.8) is 0 Å². The molecular weight excluding hydrogens is 193 g/mol. The lowest BCUT2D eigenvalue weighted by Crippen LogP contribution is -2.29. The third-order valence-electron chi connectivity index (χ3n) is 2.21. The van der Waals surface area contributed by atoms with Crippen molar-refractivity contribution in [1.29, 1.82) is 0 Å². The minimum Gasteiger partial charge on any atom is -0.495 e. The van der Waals surface area contributed by atoms with Crippen LogP contribution in [0.4, 0.5) is 0 Å².